The van der Waals surface area contributed by atoms with Crippen LogP contribution in [0.4, 0.5) is 4.79 Å². The molecule has 1 heterocycles. The molecule has 1 fully saturated rings. The van der Waals surface area contributed by atoms with E-state index >= 15 is 0 Å². The molecule has 1 amide bonds. The molecule has 2 N–H and O–H groups in total. The molecule has 11 heteroatoms. The van der Waals surface area contributed by atoms with Gasteiger partial charge >= 0.3 is 6.09 Å². The van der Waals surface area contributed by atoms with E-state index in [-0.39, 0.29) is 50.8 Å². The minimum atomic E-state index is -1.37. The van der Waals surface area contributed by atoms with Gasteiger partial charge in [0.05, 0.1) is 31.5 Å². The van der Waals surface area contributed by atoms with Crippen molar-refractivity contribution in [1.29, 1.82) is 0 Å². The maximum atomic E-state index is 14.4. The molecule has 3 aromatic carbocycles. The molecule has 6 unspecified atom stereocenters. The molecule has 324 valence electrons. The van der Waals surface area contributed by atoms with Gasteiger partial charge in [-0.2, -0.15) is 0 Å². The van der Waals surface area contributed by atoms with Gasteiger partial charge in [0.1, 0.15) is 37.0 Å². The molecular formula is C49H64N2O9. The van der Waals surface area contributed by atoms with Gasteiger partial charge < -0.3 is 38.7 Å². The molecule has 11 nitrogen and oxygen atoms in total. The molecule has 60 heavy (non-hydrogen) atoms. The number of aliphatic hydroxyl groups excluding tert-OH is 2. The van der Waals surface area contributed by atoms with Gasteiger partial charge in [0.25, 0.3) is 0 Å². The van der Waals surface area contributed by atoms with Crippen LogP contribution in [0.3, 0.4) is 0 Å². The summed E-state index contributed by atoms with van der Waals surface area (Å²) in [5.74, 6) is 0.327. The van der Waals surface area contributed by atoms with Crippen LogP contribution in [-0.2, 0) is 25.7 Å². The topological polar surface area (TPSA) is 129 Å². The van der Waals surface area contributed by atoms with Crippen LogP contribution >= 0.6 is 0 Å². The molecule has 0 spiro atoms. The number of amides is 1. The van der Waals surface area contributed by atoms with Crippen LogP contribution in [0, 0.1) is 31.6 Å². The Bertz CT molecular complexity index is 1930. The van der Waals surface area contributed by atoms with Crippen LogP contribution in [0.1, 0.15) is 86.5 Å². The number of oxime groups is 1. The predicted octanol–water partition coefficient (Wildman–Crippen LogP) is 9.42. The first-order valence-corrected chi connectivity index (χ1v) is 21.7. The zero-order valence-corrected chi connectivity index (χ0v) is 35.9. The van der Waals surface area contributed by atoms with E-state index < -0.39 is 23.8 Å². The Hall–Kier alpha value is -4.68. The van der Waals surface area contributed by atoms with Crippen LogP contribution in [0.15, 0.2) is 96.2 Å². The monoisotopic (exact) mass is 824 g/mol. The number of nitrogens with zero attached hydrogens (tertiary/aromatic N) is 2. The maximum Gasteiger partial charge on any atom is 0.410 e. The van der Waals surface area contributed by atoms with Crippen molar-refractivity contribution in [2.45, 2.75) is 96.5 Å². The van der Waals surface area contributed by atoms with Gasteiger partial charge in [0.2, 0.25) is 5.79 Å². The van der Waals surface area contributed by atoms with Crippen LogP contribution in [0.2, 0.25) is 0 Å². The van der Waals surface area contributed by atoms with E-state index in [1.54, 1.807) is 18.1 Å². The number of allylic oxidation sites excluding steroid dienone is 1. The number of carbonyl (C=O) groups is 1. The summed E-state index contributed by atoms with van der Waals surface area (Å²) in [5.41, 5.74) is 6.06. The summed E-state index contributed by atoms with van der Waals surface area (Å²) in [7, 11) is 1.55. The Kier molecular flexibility index (Phi) is 16.2. The van der Waals surface area contributed by atoms with Crippen molar-refractivity contribution in [3.05, 3.63) is 113 Å². The Labute approximate surface area is 356 Å². The van der Waals surface area contributed by atoms with Crippen LogP contribution in [-0.4, -0.2) is 85.4 Å². The molecule has 3 aliphatic rings. The third-order valence-electron chi connectivity index (χ3n) is 12.2. The molecule has 0 bridgehead atoms. The summed E-state index contributed by atoms with van der Waals surface area (Å²) in [4.78, 5) is 21.7. The van der Waals surface area contributed by atoms with Crippen LogP contribution in [0.5, 0.6) is 17.2 Å². The average Bonchev–Trinajstić information content (AvgIpc) is 3.25. The van der Waals surface area contributed by atoms with Gasteiger partial charge in [0.15, 0.2) is 0 Å². The highest BCUT2D eigenvalue weighted by molar-refractivity contribution is 6.03. The van der Waals surface area contributed by atoms with Crippen molar-refractivity contribution >= 4 is 11.8 Å². The lowest BCUT2D eigenvalue weighted by molar-refractivity contribution is -0.255. The normalized spacial score (nSPS) is 23.5. The van der Waals surface area contributed by atoms with E-state index in [1.165, 1.54) is 5.56 Å². The molecule has 0 radical (unpaired) electrons. The summed E-state index contributed by atoms with van der Waals surface area (Å²) < 4.78 is 32.7. The van der Waals surface area contributed by atoms with Crippen LogP contribution < -0.4 is 9.47 Å². The second-order valence-electron chi connectivity index (χ2n) is 16.1. The molecule has 2 aliphatic carbocycles. The van der Waals surface area contributed by atoms with Crippen molar-refractivity contribution in [2.24, 2.45) is 22.9 Å². The number of hydrogen-bond acceptors (Lipinski definition) is 10. The predicted molar refractivity (Wildman–Crippen MR) is 232 cm³/mol. The lowest BCUT2D eigenvalue weighted by Gasteiger charge is -2.59. The number of aliphatic hydroxyl groups is 2. The highest BCUT2D eigenvalue weighted by Crippen LogP contribution is 2.62. The molecule has 1 saturated carbocycles. The number of fused-ring (bicyclic) bond motifs is 2. The summed E-state index contributed by atoms with van der Waals surface area (Å²) in [6, 6.07) is 21.3. The van der Waals surface area contributed by atoms with Gasteiger partial charge in [-0.15, -0.1) is 6.58 Å². The fraction of sp³-hybridized carbons (Fsp3) is 0.510. The Morgan fingerprint density at radius 3 is 2.43 bits per heavy atom. The van der Waals surface area contributed by atoms with E-state index in [0.29, 0.717) is 50.3 Å². The number of unbranched alkanes of at least 4 members (excludes halogenated alkanes) is 2. The van der Waals surface area contributed by atoms with Crippen molar-refractivity contribution in [3.8, 4) is 17.2 Å². The lowest BCUT2D eigenvalue weighted by Crippen LogP contribution is -2.70. The second-order valence-corrected chi connectivity index (χ2v) is 16.1. The summed E-state index contributed by atoms with van der Waals surface area (Å²) in [6.45, 7) is 11.7. The van der Waals surface area contributed by atoms with Gasteiger partial charge in [-0.3, -0.25) is 4.90 Å². The SMILES string of the molecule is C=CCOC12Oc3ccc(Oc4ccc(C)c(C)c4)cc3C3C(CCCCO)C(CCCCO)C=C(C(=NOC)CC1N(CCC)C(=O)OCCOCc1ccccc1)C32. The second kappa shape index (κ2) is 21.7. The quantitative estimate of drug-likeness (QED) is 0.0579. The van der Waals surface area contributed by atoms with E-state index in [2.05, 4.69) is 43.8 Å². The third kappa shape index (κ3) is 10.3. The fourth-order valence-corrected chi connectivity index (χ4v) is 9.39. The number of rotatable bonds is 22. The standard InChI is InChI=1S/C49H64N2O9/c1-6-23-51(48(54)57-28-27-56-33-36-15-9-8-10-16-36)45-32-43(50-55-5)41-30-37(17-11-13-24-52)40(18-12-14-25-53)46-42-31-39(59-38-20-19-34(3)35(4)29-38)21-22-44(42)60-49(45,47(41)46)58-26-7-2/h7-10,15-16,19-22,29-31,37,40,45-47,52-53H,2,6,11-14,17-18,23-28,32-33H2,1,3-5H3. The highest BCUT2D eigenvalue weighted by Gasteiger charge is 2.65. The van der Waals surface area contributed by atoms with Gasteiger partial charge in [0, 0.05) is 37.7 Å². The van der Waals surface area contributed by atoms with Crippen molar-refractivity contribution < 1.29 is 43.5 Å². The molecule has 0 saturated heterocycles. The first-order chi connectivity index (χ1) is 29.3. The smallest absolute Gasteiger partial charge is 0.410 e. The largest absolute Gasteiger partial charge is 0.459 e. The van der Waals surface area contributed by atoms with Crippen LogP contribution in [0.25, 0.3) is 0 Å². The third-order valence-corrected chi connectivity index (χ3v) is 12.2. The average molecular weight is 825 g/mol. The van der Waals surface area contributed by atoms with Gasteiger partial charge in [-0.25, -0.2) is 4.79 Å². The Morgan fingerprint density at radius 2 is 1.72 bits per heavy atom. The Morgan fingerprint density at radius 1 is 0.967 bits per heavy atom. The molecule has 6 atom stereocenters. The van der Waals surface area contributed by atoms with Gasteiger partial charge in [-0.05, 0) is 110 Å². The molecule has 1 aliphatic heterocycles. The van der Waals surface area contributed by atoms with Crippen molar-refractivity contribution in [3.63, 3.8) is 0 Å². The van der Waals surface area contributed by atoms with E-state index in [9.17, 15) is 15.0 Å². The molecular weight excluding hydrogens is 761 g/mol. The summed E-state index contributed by atoms with van der Waals surface area (Å²) >= 11 is 0. The van der Waals surface area contributed by atoms with E-state index in [4.69, 9.17) is 28.5 Å². The first kappa shape index (κ1) is 44.9. The number of aryl methyl sites for hydroxylation is 2. The molecule has 6 rings (SSSR count). The minimum absolute atomic E-state index is 0.0742. The number of hydrogen-bond donors (Lipinski definition) is 2. The summed E-state index contributed by atoms with van der Waals surface area (Å²) in [5, 5.41) is 24.4. The Balaban J connectivity index is 1.45. The van der Waals surface area contributed by atoms with Crippen molar-refractivity contribution in [2.75, 3.05) is 46.7 Å². The zero-order valence-electron chi connectivity index (χ0n) is 35.9. The lowest BCUT2D eigenvalue weighted by atomic mass is 9.55. The van der Waals surface area contributed by atoms with Gasteiger partial charge in [-0.1, -0.05) is 73.5 Å². The number of ether oxygens (including phenoxy) is 5. The summed E-state index contributed by atoms with van der Waals surface area (Å²) in [6.07, 6.45) is 9.25. The maximum absolute atomic E-state index is 14.4. The van der Waals surface area contributed by atoms with E-state index in [0.717, 1.165) is 59.4 Å². The number of carbonyl (C=O) groups excluding carboxylic acids is 1. The number of benzene rings is 3. The zero-order chi connectivity index (χ0) is 42.5. The molecule has 0 aromatic heterocycles. The minimum Gasteiger partial charge on any atom is -0.459 e. The van der Waals surface area contributed by atoms with E-state index in [1.807, 2.05) is 61.5 Å². The fourth-order valence-electron chi connectivity index (χ4n) is 9.39. The van der Waals surface area contributed by atoms with Crippen molar-refractivity contribution in [1.82, 2.24) is 4.90 Å². The highest BCUT2D eigenvalue weighted by atomic mass is 16.7. The first-order valence-electron chi connectivity index (χ1n) is 21.7. The molecule has 3 aromatic rings.